The van der Waals surface area contributed by atoms with E-state index < -0.39 is 5.60 Å². The highest BCUT2D eigenvalue weighted by Gasteiger charge is 2.44. The van der Waals surface area contributed by atoms with E-state index in [0.717, 1.165) is 31.6 Å². The second-order valence-corrected chi connectivity index (χ2v) is 6.57. The zero-order valence-electron chi connectivity index (χ0n) is 10.9. The van der Waals surface area contributed by atoms with E-state index in [4.69, 9.17) is 16.3 Å². The highest BCUT2D eigenvalue weighted by Crippen LogP contribution is 2.39. The van der Waals surface area contributed by atoms with Crippen molar-refractivity contribution in [1.82, 2.24) is 4.90 Å². The molecular formula is C13H22ClNO2. The molecule has 0 aromatic carbocycles. The van der Waals surface area contributed by atoms with Crippen molar-refractivity contribution in [2.75, 3.05) is 5.88 Å². The molecule has 0 aromatic rings. The van der Waals surface area contributed by atoms with Crippen LogP contribution in [0.2, 0.25) is 0 Å². The molecule has 2 bridgehead atoms. The Hall–Kier alpha value is -0.440. The lowest BCUT2D eigenvalue weighted by atomic mass is 9.92. The molecule has 2 fully saturated rings. The van der Waals surface area contributed by atoms with Gasteiger partial charge in [-0.3, -0.25) is 0 Å². The van der Waals surface area contributed by atoms with Crippen LogP contribution in [-0.4, -0.2) is 34.6 Å². The zero-order chi connectivity index (χ0) is 12.6. The molecule has 0 radical (unpaired) electrons. The largest absolute Gasteiger partial charge is 0.444 e. The van der Waals surface area contributed by atoms with E-state index in [0.29, 0.717) is 18.0 Å². The molecule has 2 unspecified atom stereocenters. The maximum atomic E-state index is 12.1. The molecule has 2 heterocycles. The van der Waals surface area contributed by atoms with Crippen LogP contribution in [0, 0.1) is 5.92 Å². The molecular weight excluding hydrogens is 238 g/mol. The topological polar surface area (TPSA) is 29.5 Å². The summed E-state index contributed by atoms with van der Waals surface area (Å²) in [5.74, 6) is 1.29. The van der Waals surface area contributed by atoms with Gasteiger partial charge in [0.15, 0.2) is 0 Å². The fourth-order valence-electron chi connectivity index (χ4n) is 3.03. The van der Waals surface area contributed by atoms with Gasteiger partial charge in [-0.1, -0.05) is 0 Å². The highest BCUT2D eigenvalue weighted by molar-refractivity contribution is 6.18. The summed E-state index contributed by atoms with van der Waals surface area (Å²) < 4.78 is 5.48. The standard InChI is InChI=1S/C13H22ClNO2/c1-13(2,3)17-12(16)15-10-4-5-11(15)7-9(6-10)8-14/h9-11H,4-8H2,1-3H3. The average molecular weight is 260 g/mol. The van der Waals surface area contributed by atoms with Gasteiger partial charge >= 0.3 is 6.09 Å². The molecule has 0 saturated carbocycles. The van der Waals surface area contributed by atoms with Gasteiger partial charge in [-0.05, 0) is 52.4 Å². The van der Waals surface area contributed by atoms with E-state index in [1.54, 1.807) is 0 Å². The Balaban J connectivity index is 2.01. The van der Waals surface area contributed by atoms with Gasteiger partial charge in [0.1, 0.15) is 5.60 Å². The van der Waals surface area contributed by atoms with Crippen molar-refractivity contribution in [3.63, 3.8) is 0 Å². The van der Waals surface area contributed by atoms with Gasteiger partial charge in [-0.25, -0.2) is 4.79 Å². The van der Waals surface area contributed by atoms with Gasteiger partial charge < -0.3 is 9.64 Å². The summed E-state index contributed by atoms with van der Waals surface area (Å²) in [6.07, 6.45) is 4.16. The quantitative estimate of drug-likeness (QED) is 0.676. The molecule has 0 N–H and O–H groups in total. The smallest absolute Gasteiger partial charge is 0.410 e. The number of hydrogen-bond donors (Lipinski definition) is 0. The Labute approximate surface area is 108 Å². The number of rotatable bonds is 1. The molecule has 3 nitrogen and oxygen atoms in total. The van der Waals surface area contributed by atoms with E-state index in [-0.39, 0.29) is 6.09 Å². The molecule has 98 valence electrons. The van der Waals surface area contributed by atoms with Crippen molar-refractivity contribution < 1.29 is 9.53 Å². The molecule has 2 aliphatic heterocycles. The molecule has 1 amide bonds. The lowest BCUT2D eigenvalue weighted by Gasteiger charge is -2.39. The number of nitrogens with zero attached hydrogens (tertiary/aromatic N) is 1. The summed E-state index contributed by atoms with van der Waals surface area (Å²) >= 11 is 5.94. The van der Waals surface area contributed by atoms with Crippen LogP contribution in [0.5, 0.6) is 0 Å². The lowest BCUT2D eigenvalue weighted by Crippen LogP contribution is -2.48. The molecule has 0 spiro atoms. The van der Waals surface area contributed by atoms with E-state index >= 15 is 0 Å². The first-order valence-electron chi connectivity index (χ1n) is 6.48. The molecule has 0 aromatic heterocycles. The third-order valence-electron chi connectivity index (χ3n) is 3.65. The van der Waals surface area contributed by atoms with Crippen LogP contribution in [-0.2, 0) is 4.74 Å². The maximum absolute atomic E-state index is 12.1. The van der Waals surface area contributed by atoms with Crippen molar-refractivity contribution in [2.45, 2.75) is 64.1 Å². The zero-order valence-corrected chi connectivity index (χ0v) is 11.7. The maximum Gasteiger partial charge on any atom is 0.410 e. The second-order valence-electron chi connectivity index (χ2n) is 6.26. The molecule has 2 saturated heterocycles. The van der Waals surface area contributed by atoms with E-state index in [9.17, 15) is 4.79 Å². The van der Waals surface area contributed by atoms with Crippen molar-refractivity contribution in [2.24, 2.45) is 5.92 Å². The Bertz CT molecular complexity index is 286. The van der Waals surface area contributed by atoms with Crippen LogP contribution >= 0.6 is 11.6 Å². The van der Waals surface area contributed by atoms with Crippen LogP contribution < -0.4 is 0 Å². The number of ether oxygens (including phenoxy) is 1. The summed E-state index contributed by atoms with van der Waals surface area (Å²) in [5.41, 5.74) is -0.403. The Morgan fingerprint density at radius 2 is 1.82 bits per heavy atom. The summed E-state index contributed by atoms with van der Waals surface area (Å²) in [7, 11) is 0. The van der Waals surface area contributed by atoms with Gasteiger partial charge in [0.25, 0.3) is 0 Å². The summed E-state index contributed by atoms with van der Waals surface area (Å²) in [4.78, 5) is 14.1. The van der Waals surface area contributed by atoms with Gasteiger partial charge in [0.05, 0.1) is 0 Å². The fraction of sp³-hybridized carbons (Fsp3) is 0.923. The molecule has 4 heteroatoms. The van der Waals surface area contributed by atoms with Gasteiger partial charge in [-0.15, -0.1) is 11.6 Å². The molecule has 0 aliphatic carbocycles. The summed E-state index contributed by atoms with van der Waals surface area (Å²) in [5, 5.41) is 0. The second kappa shape index (κ2) is 4.68. The van der Waals surface area contributed by atoms with Gasteiger partial charge in [0.2, 0.25) is 0 Å². The minimum absolute atomic E-state index is 0.141. The fourth-order valence-corrected chi connectivity index (χ4v) is 3.28. The lowest BCUT2D eigenvalue weighted by molar-refractivity contribution is 0.00333. The predicted molar refractivity (Wildman–Crippen MR) is 68.3 cm³/mol. The van der Waals surface area contributed by atoms with Crippen molar-refractivity contribution in [1.29, 1.82) is 0 Å². The number of fused-ring (bicyclic) bond motifs is 2. The number of amides is 1. The molecule has 2 atom stereocenters. The SMILES string of the molecule is CC(C)(C)OC(=O)N1C2CCC1CC(CCl)C2. The number of carbonyl (C=O) groups excluding carboxylic acids is 1. The van der Waals surface area contributed by atoms with Gasteiger partial charge in [0, 0.05) is 18.0 Å². The first-order chi connectivity index (χ1) is 7.90. The van der Waals surface area contributed by atoms with Crippen LogP contribution in [0.15, 0.2) is 0 Å². The normalized spacial score (nSPS) is 32.7. The molecule has 2 rings (SSSR count). The number of carbonyl (C=O) groups is 1. The minimum atomic E-state index is -0.403. The highest BCUT2D eigenvalue weighted by atomic mass is 35.5. The predicted octanol–water partition coefficient (Wildman–Crippen LogP) is 3.40. The first kappa shape index (κ1) is 13.0. The van der Waals surface area contributed by atoms with Crippen LogP contribution in [0.4, 0.5) is 4.79 Å². The first-order valence-corrected chi connectivity index (χ1v) is 7.01. The van der Waals surface area contributed by atoms with E-state index in [1.165, 1.54) is 0 Å². The van der Waals surface area contributed by atoms with Crippen molar-refractivity contribution >= 4 is 17.7 Å². The van der Waals surface area contributed by atoms with Crippen LogP contribution in [0.1, 0.15) is 46.5 Å². The molecule has 17 heavy (non-hydrogen) atoms. The number of piperidine rings is 1. The van der Waals surface area contributed by atoms with Crippen molar-refractivity contribution in [3.8, 4) is 0 Å². The number of hydrogen-bond acceptors (Lipinski definition) is 2. The number of halogens is 1. The third kappa shape index (κ3) is 2.87. The Kier molecular flexibility index (Phi) is 3.58. The van der Waals surface area contributed by atoms with Crippen LogP contribution in [0.25, 0.3) is 0 Å². The summed E-state index contributed by atoms with van der Waals surface area (Å²) in [6.45, 7) is 5.74. The Morgan fingerprint density at radius 1 is 1.29 bits per heavy atom. The number of alkyl halides is 1. The molecule has 2 aliphatic rings. The Morgan fingerprint density at radius 3 is 2.24 bits per heavy atom. The van der Waals surface area contributed by atoms with E-state index in [2.05, 4.69) is 0 Å². The third-order valence-corrected chi connectivity index (χ3v) is 4.09. The van der Waals surface area contributed by atoms with Gasteiger partial charge in [-0.2, -0.15) is 0 Å². The monoisotopic (exact) mass is 259 g/mol. The minimum Gasteiger partial charge on any atom is -0.444 e. The van der Waals surface area contributed by atoms with Crippen LogP contribution in [0.3, 0.4) is 0 Å². The van der Waals surface area contributed by atoms with Crippen molar-refractivity contribution in [3.05, 3.63) is 0 Å². The average Bonchev–Trinajstić information content (AvgIpc) is 2.47. The van der Waals surface area contributed by atoms with E-state index in [1.807, 2.05) is 25.7 Å². The summed E-state index contributed by atoms with van der Waals surface area (Å²) in [6, 6.07) is 0.708.